The van der Waals surface area contributed by atoms with E-state index in [4.69, 9.17) is 10.5 Å². The summed E-state index contributed by atoms with van der Waals surface area (Å²) in [6.07, 6.45) is 0.908. The van der Waals surface area contributed by atoms with Crippen LogP contribution >= 0.6 is 0 Å². The molecule has 5 nitrogen and oxygen atoms in total. The summed E-state index contributed by atoms with van der Waals surface area (Å²) in [6.45, 7) is 11.5. The Morgan fingerprint density at radius 2 is 1.79 bits per heavy atom. The number of nitrogens with zero attached hydrogens (tertiary/aromatic N) is 2. The molecular formula is C14H27N3O2. The highest BCUT2D eigenvalue weighted by molar-refractivity contribution is 5.68. The number of likely N-dealkylation sites (tertiary alicyclic amines) is 2. The number of amides is 1. The van der Waals surface area contributed by atoms with Crippen molar-refractivity contribution < 1.29 is 9.53 Å². The minimum atomic E-state index is -0.401. The zero-order chi connectivity index (χ0) is 14.0. The van der Waals surface area contributed by atoms with Crippen LogP contribution in [-0.2, 0) is 4.74 Å². The molecule has 2 N–H and O–H groups in total. The molecule has 2 heterocycles. The summed E-state index contributed by atoms with van der Waals surface area (Å²) in [7, 11) is 0. The molecule has 2 saturated heterocycles. The third-order valence-corrected chi connectivity index (χ3v) is 3.89. The molecule has 1 amide bonds. The van der Waals surface area contributed by atoms with Crippen LogP contribution in [0.15, 0.2) is 0 Å². The molecule has 2 atom stereocenters. The van der Waals surface area contributed by atoms with Crippen molar-refractivity contribution in [3.8, 4) is 0 Å². The van der Waals surface area contributed by atoms with Gasteiger partial charge in [0.25, 0.3) is 0 Å². The lowest BCUT2D eigenvalue weighted by Gasteiger charge is -2.26. The Kier molecular flexibility index (Phi) is 4.36. The van der Waals surface area contributed by atoms with Gasteiger partial charge in [-0.1, -0.05) is 0 Å². The fourth-order valence-electron chi connectivity index (χ4n) is 3.06. The van der Waals surface area contributed by atoms with Gasteiger partial charge in [-0.2, -0.15) is 0 Å². The van der Waals surface area contributed by atoms with Crippen molar-refractivity contribution in [2.24, 2.45) is 17.6 Å². The first-order chi connectivity index (χ1) is 8.89. The average molecular weight is 269 g/mol. The van der Waals surface area contributed by atoms with E-state index in [9.17, 15) is 4.79 Å². The number of rotatable bonds is 3. The van der Waals surface area contributed by atoms with Crippen LogP contribution in [0.3, 0.4) is 0 Å². The zero-order valence-corrected chi connectivity index (χ0v) is 12.4. The van der Waals surface area contributed by atoms with Gasteiger partial charge in [-0.3, -0.25) is 0 Å². The quantitative estimate of drug-likeness (QED) is 0.834. The van der Waals surface area contributed by atoms with E-state index in [0.717, 1.165) is 45.7 Å². The summed E-state index contributed by atoms with van der Waals surface area (Å²) in [5, 5.41) is 0. The molecule has 0 saturated carbocycles. The number of hydrogen-bond donors (Lipinski definition) is 1. The van der Waals surface area contributed by atoms with Gasteiger partial charge in [0.15, 0.2) is 0 Å². The van der Waals surface area contributed by atoms with Crippen LogP contribution < -0.4 is 5.73 Å². The number of carbonyl (C=O) groups is 1. The SMILES string of the molecule is CC(C)(C)OC(=O)N1CC2CN(CCCN)CC2C1. The Balaban J connectivity index is 1.79. The predicted octanol–water partition coefficient (Wildman–Crippen LogP) is 1.13. The van der Waals surface area contributed by atoms with Gasteiger partial charge in [-0.25, -0.2) is 4.79 Å². The summed E-state index contributed by atoms with van der Waals surface area (Å²) in [4.78, 5) is 16.4. The largest absolute Gasteiger partial charge is 0.444 e. The molecule has 2 fully saturated rings. The van der Waals surface area contributed by atoms with E-state index >= 15 is 0 Å². The number of nitrogens with two attached hydrogens (primary N) is 1. The van der Waals surface area contributed by atoms with Crippen LogP contribution in [-0.4, -0.2) is 60.8 Å². The highest BCUT2D eigenvalue weighted by atomic mass is 16.6. The van der Waals surface area contributed by atoms with Gasteiger partial charge in [-0.15, -0.1) is 0 Å². The Bertz CT molecular complexity index is 313. The Morgan fingerprint density at radius 3 is 2.26 bits per heavy atom. The molecule has 0 bridgehead atoms. The van der Waals surface area contributed by atoms with E-state index in [1.54, 1.807) is 0 Å². The lowest BCUT2D eigenvalue weighted by atomic mass is 10.0. The molecule has 2 rings (SSSR count). The second-order valence-corrected chi connectivity index (χ2v) is 6.81. The topological polar surface area (TPSA) is 58.8 Å². The lowest BCUT2D eigenvalue weighted by Crippen LogP contribution is -2.37. The number of fused-ring (bicyclic) bond motifs is 1. The lowest BCUT2D eigenvalue weighted by molar-refractivity contribution is 0.0274. The molecule has 2 unspecified atom stereocenters. The molecule has 2 aliphatic rings. The van der Waals surface area contributed by atoms with E-state index in [2.05, 4.69) is 4.90 Å². The van der Waals surface area contributed by atoms with Crippen LogP contribution in [0.2, 0.25) is 0 Å². The van der Waals surface area contributed by atoms with E-state index in [1.807, 2.05) is 25.7 Å². The maximum atomic E-state index is 12.0. The maximum Gasteiger partial charge on any atom is 0.410 e. The molecule has 19 heavy (non-hydrogen) atoms. The normalized spacial score (nSPS) is 27.7. The van der Waals surface area contributed by atoms with Crippen molar-refractivity contribution in [1.29, 1.82) is 0 Å². The molecule has 0 aromatic carbocycles. The van der Waals surface area contributed by atoms with E-state index < -0.39 is 5.60 Å². The molecule has 0 radical (unpaired) electrons. The van der Waals surface area contributed by atoms with Crippen molar-refractivity contribution in [2.45, 2.75) is 32.8 Å². The van der Waals surface area contributed by atoms with Gasteiger partial charge in [-0.05, 0) is 52.1 Å². The summed E-state index contributed by atoms with van der Waals surface area (Å²) in [6, 6.07) is 0. The molecule has 0 spiro atoms. The number of carbonyl (C=O) groups excluding carboxylic acids is 1. The van der Waals surface area contributed by atoms with Crippen LogP contribution in [0.1, 0.15) is 27.2 Å². The number of hydrogen-bond acceptors (Lipinski definition) is 4. The third kappa shape index (κ3) is 3.83. The van der Waals surface area contributed by atoms with Crippen molar-refractivity contribution >= 4 is 6.09 Å². The van der Waals surface area contributed by atoms with Crippen molar-refractivity contribution in [2.75, 3.05) is 39.3 Å². The maximum absolute atomic E-state index is 12.0. The molecule has 0 aromatic heterocycles. The zero-order valence-electron chi connectivity index (χ0n) is 12.4. The van der Waals surface area contributed by atoms with Crippen LogP contribution in [0, 0.1) is 11.8 Å². The first-order valence-corrected chi connectivity index (χ1v) is 7.29. The van der Waals surface area contributed by atoms with Crippen LogP contribution in [0.4, 0.5) is 4.79 Å². The third-order valence-electron chi connectivity index (χ3n) is 3.89. The van der Waals surface area contributed by atoms with Gasteiger partial charge in [0, 0.05) is 26.2 Å². The predicted molar refractivity (Wildman–Crippen MR) is 74.9 cm³/mol. The van der Waals surface area contributed by atoms with Crippen LogP contribution in [0.5, 0.6) is 0 Å². The first-order valence-electron chi connectivity index (χ1n) is 7.29. The standard InChI is InChI=1S/C14H27N3O2/c1-14(2,3)19-13(18)17-9-11-7-16(6-4-5-15)8-12(11)10-17/h11-12H,4-10,15H2,1-3H3. The summed E-state index contributed by atoms with van der Waals surface area (Å²) >= 11 is 0. The Labute approximate surface area is 116 Å². The van der Waals surface area contributed by atoms with Crippen molar-refractivity contribution in [1.82, 2.24) is 9.80 Å². The smallest absolute Gasteiger partial charge is 0.410 e. The van der Waals surface area contributed by atoms with Gasteiger partial charge in [0.05, 0.1) is 0 Å². The molecule has 110 valence electrons. The molecular weight excluding hydrogens is 242 g/mol. The van der Waals surface area contributed by atoms with Gasteiger partial charge < -0.3 is 20.3 Å². The van der Waals surface area contributed by atoms with E-state index in [-0.39, 0.29) is 6.09 Å². The van der Waals surface area contributed by atoms with Crippen LogP contribution in [0.25, 0.3) is 0 Å². The first kappa shape index (κ1) is 14.6. The van der Waals surface area contributed by atoms with Gasteiger partial charge in [0.2, 0.25) is 0 Å². The second-order valence-electron chi connectivity index (χ2n) is 6.81. The second kappa shape index (κ2) is 5.67. The molecule has 0 aromatic rings. The van der Waals surface area contributed by atoms with E-state index in [1.165, 1.54) is 0 Å². The van der Waals surface area contributed by atoms with Crippen molar-refractivity contribution in [3.05, 3.63) is 0 Å². The summed E-state index contributed by atoms with van der Waals surface area (Å²) in [5.41, 5.74) is 5.15. The van der Waals surface area contributed by atoms with Crippen molar-refractivity contribution in [3.63, 3.8) is 0 Å². The summed E-state index contributed by atoms with van der Waals surface area (Å²) in [5.74, 6) is 1.23. The molecule has 0 aliphatic carbocycles. The molecule has 5 heteroatoms. The Morgan fingerprint density at radius 1 is 1.21 bits per heavy atom. The average Bonchev–Trinajstić information content (AvgIpc) is 2.81. The highest BCUT2D eigenvalue weighted by Gasteiger charge is 2.42. The highest BCUT2D eigenvalue weighted by Crippen LogP contribution is 2.31. The Hall–Kier alpha value is -0.810. The number of ether oxygens (including phenoxy) is 1. The monoisotopic (exact) mass is 269 g/mol. The van der Waals surface area contributed by atoms with E-state index in [0.29, 0.717) is 11.8 Å². The van der Waals surface area contributed by atoms with Gasteiger partial charge >= 0.3 is 6.09 Å². The fraction of sp³-hybridized carbons (Fsp3) is 0.929. The minimum absolute atomic E-state index is 0.157. The minimum Gasteiger partial charge on any atom is -0.444 e. The van der Waals surface area contributed by atoms with Gasteiger partial charge in [0.1, 0.15) is 5.60 Å². The summed E-state index contributed by atoms with van der Waals surface area (Å²) < 4.78 is 5.44. The fourth-order valence-corrected chi connectivity index (χ4v) is 3.06. The molecule has 2 aliphatic heterocycles.